The predicted molar refractivity (Wildman–Crippen MR) is 132 cm³/mol. The van der Waals surface area contributed by atoms with Gasteiger partial charge >= 0.3 is 5.97 Å². The molecule has 1 unspecified atom stereocenters. The van der Waals surface area contributed by atoms with Gasteiger partial charge in [-0.05, 0) is 31.5 Å². The summed E-state index contributed by atoms with van der Waals surface area (Å²) in [6.07, 6.45) is 5.79. The fourth-order valence-corrected chi connectivity index (χ4v) is 5.14. The summed E-state index contributed by atoms with van der Waals surface area (Å²) in [5.74, 6) is 0.330. The van der Waals surface area contributed by atoms with Crippen molar-refractivity contribution in [2.24, 2.45) is 5.92 Å². The number of ether oxygens (including phenoxy) is 1. The number of carbonyl (C=O) groups excluding carboxylic acids is 1. The van der Waals surface area contributed by atoms with Crippen LogP contribution in [0.25, 0.3) is 0 Å². The quantitative estimate of drug-likeness (QED) is 0.315. The molecule has 3 aliphatic heterocycles. The first-order valence-corrected chi connectivity index (χ1v) is 11.6. The molecule has 0 radical (unpaired) electrons. The van der Waals surface area contributed by atoms with Crippen LogP contribution in [0.4, 0.5) is 5.69 Å². The predicted octanol–water partition coefficient (Wildman–Crippen LogP) is 5.98. The normalized spacial score (nSPS) is 24.7. The molecule has 0 spiro atoms. The number of rotatable bonds is 8. The number of allylic oxidation sites excluding steroid dienone is 1. The number of nitrogens with zero attached hydrogens (tertiary/aromatic N) is 1. The molecule has 0 amide bonds. The Bertz CT molecular complexity index is 882. The first kappa shape index (κ1) is 24.1. The summed E-state index contributed by atoms with van der Waals surface area (Å²) < 4.78 is 7.33. The third kappa shape index (κ3) is 5.80. The first-order chi connectivity index (χ1) is 15.0. The van der Waals surface area contributed by atoms with E-state index in [1.807, 2.05) is 60.7 Å². The largest absolute Gasteiger partial charge is 0.454 e. The molecule has 2 aromatic carbocycles. The molecule has 3 saturated heterocycles. The number of esters is 1. The Kier molecular flexibility index (Phi) is 8.14. The number of hydrogen-bond acceptors (Lipinski definition) is 3. The van der Waals surface area contributed by atoms with Crippen LogP contribution < -0.4 is 5.32 Å². The maximum absolute atomic E-state index is 13.4. The minimum Gasteiger partial charge on any atom is -0.454 e. The van der Waals surface area contributed by atoms with Gasteiger partial charge in [-0.1, -0.05) is 67.6 Å². The van der Waals surface area contributed by atoms with E-state index in [2.05, 4.69) is 25.2 Å². The van der Waals surface area contributed by atoms with E-state index in [4.69, 9.17) is 4.74 Å². The SMILES string of the molecule is C.CC(C)=CCC[N+]12CCC(CC1)[C@@H](OC(=O)C(Nc1ccccc1)c1ccccc1)C2. The van der Waals surface area contributed by atoms with Crippen molar-refractivity contribution in [2.75, 3.05) is 31.5 Å². The first-order valence-electron chi connectivity index (χ1n) is 11.6. The second kappa shape index (κ2) is 10.8. The van der Waals surface area contributed by atoms with E-state index in [-0.39, 0.29) is 19.5 Å². The fraction of sp³-hybridized carbons (Fsp3) is 0.464. The molecule has 0 saturated carbocycles. The molecule has 3 heterocycles. The molecule has 1 N–H and O–H groups in total. The second-order valence-electron chi connectivity index (χ2n) is 9.43. The number of para-hydroxylation sites is 1. The lowest BCUT2D eigenvalue weighted by atomic mass is 9.83. The lowest BCUT2D eigenvalue weighted by Crippen LogP contribution is -2.64. The number of quaternary nitrogens is 1. The highest BCUT2D eigenvalue weighted by Crippen LogP contribution is 2.36. The summed E-state index contributed by atoms with van der Waals surface area (Å²) in [4.78, 5) is 13.4. The van der Waals surface area contributed by atoms with Crippen LogP contribution in [-0.2, 0) is 9.53 Å². The monoisotopic (exact) mass is 435 g/mol. The van der Waals surface area contributed by atoms with Crippen molar-refractivity contribution in [1.82, 2.24) is 0 Å². The molecular formula is C28H39N2O2+. The average molecular weight is 436 g/mol. The van der Waals surface area contributed by atoms with Gasteiger partial charge in [0.25, 0.3) is 0 Å². The zero-order valence-corrected chi connectivity index (χ0v) is 18.8. The number of carbonyl (C=O) groups is 1. The van der Waals surface area contributed by atoms with E-state index in [1.165, 1.54) is 18.7 Å². The number of hydrogen-bond donors (Lipinski definition) is 1. The van der Waals surface area contributed by atoms with Crippen molar-refractivity contribution in [2.45, 2.75) is 52.7 Å². The zero-order chi connectivity index (χ0) is 21.7. The van der Waals surface area contributed by atoms with Crippen LogP contribution in [0.3, 0.4) is 0 Å². The van der Waals surface area contributed by atoms with Crippen LogP contribution in [0.15, 0.2) is 72.3 Å². The van der Waals surface area contributed by atoms with Crippen molar-refractivity contribution in [3.05, 3.63) is 77.9 Å². The molecule has 0 aliphatic carbocycles. The molecular weight excluding hydrogens is 396 g/mol. The summed E-state index contributed by atoms with van der Waals surface area (Å²) in [5.41, 5.74) is 3.24. The Morgan fingerprint density at radius 1 is 1.06 bits per heavy atom. The molecule has 4 heteroatoms. The Morgan fingerprint density at radius 2 is 1.69 bits per heavy atom. The Hall–Kier alpha value is -2.59. The molecule has 32 heavy (non-hydrogen) atoms. The van der Waals surface area contributed by atoms with E-state index in [1.54, 1.807) is 0 Å². The van der Waals surface area contributed by atoms with Crippen LogP contribution in [0, 0.1) is 5.92 Å². The number of fused-ring (bicyclic) bond motifs is 3. The maximum atomic E-state index is 13.4. The van der Waals surface area contributed by atoms with Crippen LogP contribution >= 0.6 is 0 Å². The van der Waals surface area contributed by atoms with Gasteiger partial charge in [0.2, 0.25) is 0 Å². The Morgan fingerprint density at radius 3 is 2.31 bits per heavy atom. The summed E-state index contributed by atoms with van der Waals surface area (Å²) in [5, 5.41) is 3.40. The van der Waals surface area contributed by atoms with Crippen molar-refractivity contribution in [1.29, 1.82) is 0 Å². The van der Waals surface area contributed by atoms with Crippen LogP contribution in [0.5, 0.6) is 0 Å². The summed E-state index contributed by atoms with van der Waals surface area (Å²) >= 11 is 0. The number of nitrogens with one attached hydrogen (secondary N) is 1. The van der Waals surface area contributed by atoms with Gasteiger partial charge < -0.3 is 14.5 Å². The molecule has 4 nitrogen and oxygen atoms in total. The molecule has 0 aromatic heterocycles. The highest BCUT2D eigenvalue weighted by atomic mass is 16.5. The molecule has 3 fully saturated rings. The highest BCUT2D eigenvalue weighted by molar-refractivity contribution is 5.81. The van der Waals surface area contributed by atoms with Crippen LogP contribution in [0.2, 0.25) is 0 Å². The van der Waals surface area contributed by atoms with Gasteiger partial charge in [-0.3, -0.25) is 0 Å². The fourth-order valence-electron chi connectivity index (χ4n) is 5.14. The lowest BCUT2D eigenvalue weighted by Gasteiger charge is -2.52. The van der Waals surface area contributed by atoms with Crippen molar-refractivity contribution >= 4 is 11.7 Å². The number of benzene rings is 2. The van der Waals surface area contributed by atoms with Crippen molar-refractivity contribution < 1.29 is 14.0 Å². The van der Waals surface area contributed by atoms with Gasteiger partial charge in [0.1, 0.15) is 6.54 Å². The smallest absolute Gasteiger partial charge is 0.333 e. The molecule has 2 aromatic rings. The van der Waals surface area contributed by atoms with Crippen molar-refractivity contribution in [3.63, 3.8) is 0 Å². The Balaban J connectivity index is 0.00000289. The topological polar surface area (TPSA) is 38.3 Å². The molecule has 2 atom stereocenters. The number of piperidine rings is 3. The van der Waals surface area contributed by atoms with Crippen LogP contribution in [-0.4, -0.2) is 42.7 Å². The van der Waals surface area contributed by atoms with Gasteiger partial charge in [0.05, 0.1) is 19.6 Å². The average Bonchev–Trinajstić information content (AvgIpc) is 2.79. The zero-order valence-electron chi connectivity index (χ0n) is 18.8. The third-order valence-corrected chi connectivity index (χ3v) is 6.92. The van der Waals surface area contributed by atoms with Crippen molar-refractivity contribution in [3.8, 4) is 0 Å². The van der Waals surface area contributed by atoms with Gasteiger partial charge in [-0.15, -0.1) is 0 Å². The second-order valence-corrected chi connectivity index (χ2v) is 9.43. The summed E-state index contributed by atoms with van der Waals surface area (Å²) in [7, 11) is 0. The van der Waals surface area contributed by atoms with Gasteiger partial charge in [0.15, 0.2) is 12.1 Å². The van der Waals surface area contributed by atoms with Gasteiger partial charge in [-0.2, -0.15) is 0 Å². The minimum absolute atomic E-state index is 0. The molecule has 2 bridgehead atoms. The summed E-state index contributed by atoms with van der Waals surface area (Å²) in [6, 6.07) is 19.3. The van der Waals surface area contributed by atoms with Gasteiger partial charge in [-0.25, -0.2) is 4.79 Å². The molecule has 3 aliphatic rings. The van der Waals surface area contributed by atoms with E-state index < -0.39 is 6.04 Å². The lowest BCUT2D eigenvalue weighted by molar-refractivity contribution is -0.945. The van der Waals surface area contributed by atoms with Gasteiger partial charge in [0, 0.05) is 30.9 Å². The van der Waals surface area contributed by atoms with E-state index in [0.29, 0.717) is 5.92 Å². The highest BCUT2D eigenvalue weighted by Gasteiger charge is 2.47. The standard InChI is InChI=1S/C27H35N2O2.CH4/c1-21(2)10-9-17-29-18-15-22(16-19-29)25(20-29)31-27(30)26(23-11-5-3-6-12-23)28-24-13-7-4-8-14-24;/h3-8,10-14,22,25-26,28H,9,15-20H2,1-2H3;1H4/q+1;/t22?,25-,26?,29?;/m0./s1. The summed E-state index contributed by atoms with van der Waals surface area (Å²) in [6.45, 7) is 8.88. The Labute approximate surface area is 193 Å². The van der Waals surface area contributed by atoms with E-state index in [0.717, 1.165) is 48.1 Å². The number of anilines is 1. The van der Waals surface area contributed by atoms with E-state index >= 15 is 0 Å². The van der Waals surface area contributed by atoms with E-state index in [9.17, 15) is 4.79 Å². The van der Waals surface area contributed by atoms with Crippen LogP contribution in [0.1, 0.15) is 52.1 Å². The maximum Gasteiger partial charge on any atom is 0.333 e. The molecule has 5 rings (SSSR count). The third-order valence-electron chi connectivity index (χ3n) is 6.92. The molecule has 172 valence electrons. The minimum atomic E-state index is -0.502.